The van der Waals surface area contributed by atoms with Gasteiger partial charge in [0.1, 0.15) is 17.9 Å². The van der Waals surface area contributed by atoms with Crippen LogP contribution in [0.4, 0.5) is 9.18 Å². The van der Waals surface area contributed by atoms with E-state index in [-0.39, 0.29) is 18.1 Å². The van der Waals surface area contributed by atoms with E-state index in [1.807, 2.05) is 29.8 Å². The van der Waals surface area contributed by atoms with Crippen molar-refractivity contribution in [2.75, 3.05) is 26.9 Å². The van der Waals surface area contributed by atoms with Crippen molar-refractivity contribution < 1.29 is 28.2 Å². The van der Waals surface area contributed by atoms with Crippen LogP contribution in [0.15, 0.2) is 30.3 Å². The molecule has 0 unspecified atom stereocenters. The number of fused-ring (bicyclic) bond motifs is 3. The van der Waals surface area contributed by atoms with Gasteiger partial charge < -0.3 is 28.8 Å². The second-order valence-corrected chi connectivity index (χ2v) is 12.7. The lowest BCUT2D eigenvalue weighted by Crippen LogP contribution is -2.50. The lowest BCUT2D eigenvalue weighted by atomic mass is 9.97. The molecule has 0 radical (unpaired) electrons. The third-order valence-electron chi connectivity index (χ3n) is 8.13. The fourth-order valence-electron chi connectivity index (χ4n) is 5.77. The number of alkyl carbamates (subject to hydrolysis) is 1. The predicted octanol–water partition coefficient (Wildman–Crippen LogP) is 4.65. The highest BCUT2D eigenvalue weighted by Gasteiger charge is 2.30. The second-order valence-electron chi connectivity index (χ2n) is 12.7. The molecule has 3 aromatic heterocycles. The van der Waals surface area contributed by atoms with Crippen LogP contribution < -0.4 is 5.32 Å². The summed E-state index contributed by atoms with van der Waals surface area (Å²) in [7, 11) is 3.29. The normalized spacial score (nSPS) is 15.9. The number of methoxy groups -OCH3 is 1. The SMILES string of the molecule is COC(=O)c1ccc2cc(-c3nc4cc5c(cc4n3C)CCN(C[C@@H](CF)NC(=O)OC(C)(C)C)C5=O)n(CC3CC3)c2n1. The molecule has 1 fully saturated rings. The number of aryl methyl sites for hydroxylation is 1. The summed E-state index contributed by atoms with van der Waals surface area (Å²) in [4.78, 5) is 49.2. The molecule has 0 bridgehead atoms. The maximum atomic E-state index is 13.9. The van der Waals surface area contributed by atoms with Gasteiger partial charge in [-0.3, -0.25) is 4.79 Å². The third-order valence-corrected chi connectivity index (χ3v) is 8.13. The number of hydrogen-bond donors (Lipinski definition) is 1. The van der Waals surface area contributed by atoms with Crippen LogP contribution in [0, 0.1) is 5.92 Å². The third kappa shape index (κ3) is 5.72. The maximum absolute atomic E-state index is 13.9. The van der Waals surface area contributed by atoms with Gasteiger partial charge in [-0.15, -0.1) is 0 Å². The summed E-state index contributed by atoms with van der Waals surface area (Å²) in [5.74, 6) is 0.547. The predicted molar refractivity (Wildman–Crippen MR) is 162 cm³/mol. The standard InChI is InChI=1S/C32H37FN6O5/c1-32(2,3)44-31(42)34-21(15-33)17-38-11-10-19-12-25-24(14-22(19)29(38)40)36-28(37(25)4)26-13-20-8-9-23(30(41)43-5)35-27(20)39(26)16-18-6-7-18/h8-9,12-14,18,21H,6-7,10-11,15-17H2,1-5H3,(H,34,42)/t21-/m1/s1. The Hall–Kier alpha value is -4.48. The zero-order chi connectivity index (χ0) is 31.3. The van der Waals surface area contributed by atoms with Gasteiger partial charge in [-0.2, -0.15) is 0 Å². The fraction of sp³-hybridized carbons (Fsp3) is 0.469. The molecule has 2 amide bonds. The van der Waals surface area contributed by atoms with Gasteiger partial charge >= 0.3 is 12.1 Å². The molecule has 1 aliphatic heterocycles. The highest BCUT2D eigenvalue weighted by Crippen LogP contribution is 2.36. The molecule has 1 atom stereocenters. The molecule has 232 valence electrons. The summed E-state index contributed by atoms with van der Waals surface area (Å²) in [6.45, 7) is 5.56. The molecule has 2 aliphatic rings. The Morgan fingerprint density at radius 3 is 2.61 bits per heavy atom. The topological polar surface area (TPSA) is 121 Å². The number of nitrogens with one attached hydrogen (secondary N) is 1. The number of carbonyl (C=O) groups is 3. The molecule has 44 heavy (non-hydrogen) atoms. The summed E-state index contributed by atoms with van der Waals surface area (Å²) in [5, 5.41) is 3.44. The van der Waals surface area contributed by atoms with Crippen molar-refractivity contribution in [3.05, 3.63) is 47.2 Å². The Labute approximate surface area is 254 Å². The van der Waals surface area contributed by atoms with E-state index < -0.39 is 30.4 Å². The highest BCUT2D eigenvalue weighted by molar-refractivity contribution is 6.01. The van der Waals surface area contributed by atoms with Crippen molar-refractivity contribution in [2.45, 2.75) is 58.2 Å². The maximum Gasteiger partial charge on any atom is 0.408 e. The van der Waals surface area contributed by atoms with Crippen molar-refractivity contribution in [3.63, 3.8) is 0 Å². The molecule has 4 aromatic rings. The van der Waals surface area contributed by atoms with Gasteiger partial charge in [-0.1, -0.05) is 0 Å². The molecule has 11 nitrogen and oxygen atoms in total. The Balaban J connectivity index is 1.32. The first-order valence-electron chi connectivity index (χ1n) is 14.9. The van der Waals surface area contributed by atoms with Gasteiger partial charge in [-0.05, 0) is 81.8 Å². The van der Waals surface area contributed by atoms with Gasteiger partial charge in [0.2, 0.25) is 0 Å². The average molecular weight is 605 g/mol. The smallest absolute Gasteiger partial charge is 0.408 e. The van der Waals surface area contributed by atoms with Crippen LogP contribution in [-0.4, -0.2) is 80.5 Å². The van der Waals surface area contributed by atoms with Crippen molar-refractivity contribution in [1.82, 2.24) is 29.3 Å². The van der Waals surface area contributed by atoms with E-state index in [0.29, 0.717) is 35.6 Å². The number of esters is 1. The molecule has 4 heterocycles. The van der Waals surface area contributed by atoms with Crippen molar-refractivity contribution >= 4 is 40.0 Å². The van der Waals surface area contributed by atoms with Crippen molar-refractivity contribution in [2.24, 2.45) is 13.0 Å². The lowest BCUT2D eigenvalue weighted by molar-refractivity contribution is 0.0465. The summed E-state index contributed by atoms with van der Waals surface area (Å²) >= 11 is 0. The molecule has 1 saturated carbocycles. The van der Waals surface area contributed by atoms with Gasteiger partial charge in [0, 0.05) is 37.6 Å². The van der Waals surface area contributed by atoms with Gasteiger partial charge in [0.05, 0.1) is 29.9 Å². The second kappa shape index (κ2) is 11.2. The summed E-state index contributed by atoms with van der Waals surface area (Å²) in [6.07, 6.45) is 2.15. The average Bonchev–Trinajstić information content (AvgIpc) is 3.66. The molecule has 1 aliphatic carbocycles. The molecular weight excluding hydrogens is 567 g/mol. The number of nitrogens with zero attached hydrogens (tertiary/aromatic N) is 5. The number of halogens is 1. The van der Waals surface area contributed by atoms with Crippen LogP contribution in [0.25, 0.3) is 33.6 Å². The van der Waals surface area contributed by atoms with Crippen LogP contribution in [0.1, 0.15) is 60.0 Å². The van der Waals surface area contributed by atoms with Crippen LogP contribution in [-0.2, 0) is 29.5 Å². The number of aromatic nitrogens is 4. The minimum Gasteiger partial charge on any atom is -0.464 e. The zero-order valence-corrected chi connectivity index (χ0v) is 25.6. The largest absolute Gasteiger partial charge is 0.464 e. The molecule has 1 N–H and O–H groups in total. The summed E-state index contributed by atoms with van der Waals surface area (Å²) in [6, 6.07) is 8.49. The van der Waals surface area contributed by atoms with Crippen LogP contribution in [0.5, 0.6) is 0 Å². The Bertz CT molecular complexity index is 1780. The number of amides is 2. The number of benzene rings is 1. The minimum atomic E-state index is -0.887. The van der Waals surface area contributed by atoms with E-state index in [1.165, 1.54) is 7.11 Å². The first-order chi connectivity index (χ1) is 21.0. The van der Waals surface area contributed by atoms with Crippen LogP contribution in [0.2, 0.25) is 0 Å². The van der Waals surface area contributed by atoms with Crippen LogP contribution in [0.3, 0.4) is 0 Å². The van der Waals surface area contributed by atoms with Gasteiger partial charge in [0.15, 0.2) is 11.5 Å². The van der Waals surface area contributed by atoms with E-state index in [2.05, 4.69) is 14.9 Å². The van der Waals surface area contributed by atoms with Gasteiger partial charge in [-0.25, -0.2) is 23.9 Å². The monoisotopic (exact) mass is 604 g/mol. The number of ether oxygens (including phenoxy) is 2. The molecule has 6 rings (SSSR count). The van der Waals surface area contributed by atoms with E-state index in [1.54, 1.807) is 37.8 Å². The van der Waals surface area contributed by atoms with E-state index >= 15 is 0 Å². The molecule has 1 aromatic carbocycles. The first-order valence-corrected chi connectivity index (χ1v) is 14.9. The number of pyridine rings is 1. The number of imidazole rings is 1. The van der Waals surface area contributed by atoms with E-state index in [4.69, 9.17) is 14.5 Å². The van der Waals surface area contributed by atoms with E-state index in [0.717, 1.165) is 47.4 Å². The Morgan fingerprint density at radius 2 is 1.93 bits per heavy atom. The Kier molecular flexibility index (Phi) is 7.54. The van der Waals surface area contributed by atoms with Crippen molar-refractivity contribution in [1.29, 1.82) is 0 Å². The lowest BCUT2D eigenvalue weighted by Gasteiger charge is -2.31. The fourth-order valence-corrected chi connectivity index (χ4v) is 5.77. The number of rotatable bonds is 8. The molecule has 0 spiro atoms. The summed E-state index contributed by atoms with van der Waals surface area (Å²) in [5.41, 5.74) is 4.08. The molecular formula is C32H37FN6O5. The number of hydrogen-bond acceptors (Lipinski definition) is 7. The molecule has 0 saturated heterocycles. The summed E-state index contributed by atoms with van der Waals surface area (Å²) < 4.78 is 28.2. The quantitative estimate of drug-likeness (QED) is 0.291. The number of alkyl halides is 1. The Morgan fingerprint density at radius 1 is 1.16 bits per heavy atom. The minimum absolute atomic E-state index is 0.0291. The first kappa shape index (κ1) is 29.6. The van der Waals surface area contributed by atoms with Crippen molar-refractivity contribution in [3.8, 4) is 11.5 Å². The molecule has 12 heteroatoms. The number of carbonyl (C=O) groups excluding carboxylic acids is 3. The zero-order valence-electron chi connectivity index (χ0n) is 25.6. The van der Waals surface area contributed by atoms with Crippen LogP contribution >= 0.6 is 0 Å². The highest BCUT2D eigenvalue weighted by atomic mass is 19.1. The van der Waals surface area contributed by atoms with Gasteiger partial charge in [0.25, 0.3) is 5.91 Å². The van der Waals surface area contributed by atoms with E-state index in [9.17, 15) is 18.8 Å².